The zero-order valence-electron chi connectivity index (χ0n) is 6.74. The molecule has 1 saturated carbocycles. The molecule has 3 atom stereocenters. The van der Waals surface area contributed by atoms with Gasteiger partial charge in [-0.15, -0.1) is 0 Å². The molecule has 4 heteroatoms. The Hall–Kier alpha value is -0.900. The Labute approximate surface area is 69.5 Å². The molecule has 0 spiro atoms. The number of rotatable bonds is 0. The second kappa shape index (κ2) is 2.07. The third kappa shape index (κ3) is 0.659. The lowest BCUT2D eigenvalue weighted by Gasteiger charge is -2.27. The third-order valence-electron chi connectivity index (χ3n) is 2.86. The van der Waals surface area contributed by atoms with Gasteiger partial charge in [0, 0.05) is 6.42 Å². The van der Waals surface area contributed by atoms with Gasteiger partial charge in [0.2, 0.25) is 0 Å². The van der Waals surface area contributed by atoms with Crippen LogP contribution in [0, 0.1) is 5.41 Å². The van der Waals surface area contributed by atoms with Gasteiger partial charge in [0.1, 0.15) is 12.2 Å². The van der Waals surface area contributed by atoms with Crippen molar-refractivity contribution in [3.05, 3.63) is 0 Å². The van der Waals surface area contributed by atoms with E-state index < -0.39 is 23.6 Å². The Morgan fingerprint density at radius 3 is 2.83 bits per heavy atom. The first-order valence-electron chi connectivity index (χ1n) is 3.99. The summed E-state index contributed by atoms with van der Waals surface area (Å²) in [5.41, 5.74) is -1.27. The van der Waals surface area contributed by atoms with Gasteiger partial charge in [0.05, 0.1) is 0 Å². The zero-order valence-corrected chi connectivity index (χ0v) is 6.74. The van der Waals surface area contributed by atoms with Crippen molar-refractivity contribution in [3.8, 4) is 0 Å². The molecule has 0 amide bonds. The summed E-state index contributed by atoms with van der Waals surface area (Å²) in [7, 11) is 0. The fourth-order valence-corrected chi connectivity index (χ4v) is 1.85. The van der Waals surface area contributed by atoms with Crippen LogP contribution in [0.4, 0.5) is 0 Å². The molecule has 2 rings (SSSR count). The largest absolute Gasteiger partial charge is 0.459 e. The molecule has 1 aliphatic heterocycles. The van der Waals surface area contributed by atoms with Crippen molar-refractivity contribution < 1.29 is 19.4 Å². The topological polar surface area (TPSA) is 63.6 Å². The van der Waals surface area contributed by atoms with Crippen LogP contribution < -0.4 is 0 Å². The highest BCUT2D eigenvalue weighted by Crippen LogP contribution is 2.41. The lowest BCUT2D eigenvalue weighted by atomic mass is 9.73. The summed E-state index contributed by atoms with van der Waals surface area (Å²) in [5, 5.41) is 9.54. The number of carbonyl (C=O) groups excluding carboxylic acids is 2. The van der Waals surface area contributed by atoms with E-state index in [-0.39, 0.29) is 5.78 Å². The Kier molecular flexibility index (Phi) is 1.33. The SMILES string of the molecule is CC12C(=O)CCC(OC1=O)C2O. The molecule has 0 radical (unpaired) electrons. The number of ether oxygens (including phenoxy) is 1. The van der Waals surface area contributed by atoms with Crippen LogP contribution in [0.15, 0.2) is 0 Å². The number of esters is 1. The third-order valence-corrected chi connectivity index (χ3v) is 2.86. The molecule has 3 unspecified atom stereocenters. The molecule has 2 bridgehead atoms. The maximum Gasteiger partial charge on any atom is 0.322 e. The monoisotopic (exact) mass is 170 g/mol. The molecule has 1 heterocycles. The van der Waals surface area contributed by atoms with Gasteiger partial charge in [0.25, 0.3) is 0 Å². The minimum atomic E-state index is -1.27. The van der Waals surface area contributed by atoms with Crippen molar-refractivity contribution in [3.63, 3.8) is 0 Å². The summed E-state index contributed by atoms with van der Waals surface area (Å²) in [6, 6.07) is 0. The fourth-order valence-electron chi connectivity index (χ4n) is 1.85. The Balaban J connectivity index is 2.45. The summed E-state index contributed by atoms with van der Waals surface area (Å²) < 4.78 is 4.86. The maximum absolute atomic E-state index is 11.3. The Bertz CT molecular complexity index is 250. The molecule has 1 saturated heterocycles. The summed E-state index contributed by atoms with van der Waals surface area (Å²) in [6.07, 6.45) is -0.600. The first kappa shape index (κ1) is 7.73. The van der Waals surface area contributed by atoms with Crippen molar-refractivity contribution in [2.45, 2.75) is 32.0 Å². The molecule has 12 heavy (non-hydrogen) atoms. The van der Waals surface area contributed by atoms with Crippen LogP contribution in [0.3, 0.4) is 0 Å². The van der Waals surface area contributed by atoms with Gasteiger partial charge in [0.15, 0.2) is 11.2 Å². The number of ketones is 1. The van der Waals surface area contributed by atoms with E-state index in [0.29, 0.717) is 12.8 Å². The van der Waals surface area contributed by atoms with E-state index in [2.05, 4.69) is 0 Å². The van der Waals surface area contributed by atoms with Crippen LogP contribution in [0.1, 0.15) is 19.8 Å². The molecule has 0 aromatic rings. The predicted molar refractivity (Wildman–Crippen MR) is 38.2 cm³/mol. The number of hydrogen-bond donors (Lipinski definition) is 1. The average molecular weight is 170 g/mol. The molecule has 0 aromatic heterocycles. The number of aliphatic hydroxyl groups excluding tert-OH is 1. The highest BCUT2D eigenvalue weighted by Gasteiger charge is 2.60. The normalized spacial score (nSPS) is 46.2. The maximum atomic E-state index is 11.3. The standard InChI is InChI=1S/C8H10O4/c1-8-5(9)3-2-4(6(8)10)12-7(8)11/h4,6,10H,2-3H2,1H3. The van der Waals surface area contributed by atoms with Gasteiger partial charge >= 0.3 is 5.97 Å². The van der Waals surface area contributed by atoms with E-state index in [9.17, 15) is 14.7 Å². The first-order chi connectivity index (χ1) is 5.56. The molecule has 1 aliphatic carbocycles. The van der Waals surface area contributed by atoms with Crippen LogP contribution in [-0.4, -0.2) is 29.1 Å². The van der Waals surface area contributed by atoms with Gasteiger partial charge < -0.3 is 9.84 Å². The summed E-state index contributed by atoms with van der Waals surface area (Å²) in [6.45, 7) is 1.46. The van der Waals surface area contributed by atoms with Gasteiger partial charge in [-0.2, -0.15) is 0 Å². The second-order valence-electron chi connectivity index (χ2n) is 3.55. The number of aliphatic hydroxyl groups is 1. The van der Waals surface area contributed by atoms with E-state index >= 15 is 0 Å². The zero-order chi connectivity index (χ0) is 8.93. The first-order valence-corrected chi connectivity index (χ1v) is 3.99. The Morgan fingerprint density at radius 2 is 2.25 bits per heavy atom. The van der Waals surface area contributed by atoms with E-state index in [4.69, 9.17) is 4.74 Å². The van der Waals surface area contributed by atoms with Crippen molar-refractivity contribution in [2.75, 3.05) is 0 Å². The number of hydrogen-bond acceptors (Lipinski definition) is 4. The average Bonchev–Trinajstić information content (AvgIpc) is 2.17. The Morgan fingerprint density at radius 1 is 1.58 bits per heavy atom. The van der Waals surface area contributed by atoms with Crippen LogP contribution in [0.25, 0.3) is 0 Å². The fraction of sp³-hybridized carbons (Fsp3) is 0.750. The van der Waals surface area contributed by atoms with Crippen molar-refractivity contribution in [1.82, 2.24) is 0 Å². The molecule has 0 aromatic carbocycles. The minimum absolute atomic E-state index is 0.200. The van der Waals surface area contributed by atoms with Crippen molar-refractivity contribution in [1.29, 1.82) is 0 Å². The molecule has 4 nitrogen and oxygen atoms in total. The lowest BCUT2D eigenvalue weighted by Crippen LogP contribution is -2.46. The number of fused-ring (bicyclic) bond motifs is 2. The molecular weight excluding hydrogens is 160 g/mol. The predicted octanol–water partition coefficient (Wildman–Crippen LogP) is -0.358. The van der Waals surface area contributed by atoms with Crippen LogP contribution in [0.5, 0.6) is 0 Å². The summed E-state index contributed by atoms with van der Waals surface area (Å²) in [4.78, 5) is 22.5. The summed E-state index contributed by atoms with van der Waals surface area (Å²) >= 11 is 0. The van der Waals surface area contributed by atoms with E-state index in [1.54, 1.807) is 0 Å². The number of Topliss-reactive ketones (excluding diaryl/α,β-unsaturated/α-hetero) is 1. The van der Waals surface area contributed by atoms with Crippen LogP contribution >= 0.6 is 0 Å². The quantitative estimate of drug-likeness (QED) is 0.398. The molecular formula is C8H10O4. The highest BCUT2D eigenvalue weighted by molar-refractivity contribution is 6.06. The van der Waals surface area contributed by atoms with Gasteiger partial charge in [-0.3, -0.25) is 9.59 Å². The van der Waals surface area contributed by atoms with Gasteiger partial charge in [-0.1, -0.05) is 0 Å². The molecule has 1 N–H and O–H groups in total. The smallest absolute Gasteiger partial charge is 0.322 e. The molecule has 66 valence electrons. The highest BCUT2D eigenvalue weighted by atomic mass is 16.6. The minimum Gasteiger partial charge on any atom is -0.459 e. The van der Waals surface area contributed by atoms with E-state index in [1.165, 1.54) is 6.92 Å². The van der Waals surface area contributed by atoms with Gasteiger partial charge in [-0.05, 0) is 13.3 Å². The number of carbonyl (C=O) groups is 2. The molecule has 2 fully saturated rings. The summed E-state index contributed by atoms with van der Waals surface area (Å²) in [5.74, 6) is -0.767. The van der Waals surface area contributed by atoms with E-state index in [1.807, 2.05) is 0 Å². The molecule has 2 aliphatic rings. The van der Waals surface area contributed by atoms with Crippen LogP contribution in [0.2, 0.25) is 0 Å². The van der Waals surface area contributed by atoms with Crippen molar-refractivity contribution in [2.24, 2.45) is 5.41 Å². The second-order valence-corrected chi connectivity index (χ2v) is 3.55. The lowest BCUT2D eigenvalue weighted by molar-refractivity contribution is -0.151. The van der Waals surface area contributed by atoms with Gasteiger partial charge in [-0.25, -0.2) is 0 Å². The van der Waals surface area contributed by atoms with E-state index in [0.717, 1.165) is 0 Å². The van der Waals surface area contributed by atoms with Crippen LogP contribution in [-0.2, 0) is 14.3 Å². The van der Waals surface area contributed by atoms with Crippen molar-refractivity contribution >= 4 is 11.8 Å².